The van der Waals surface area contributed by atoms with Crippen LogP contribution >= 0.6 is 0 Å². The summed E-state index contributed by atoms with van der Waals surface area (Å²) in [5, 5.41) is 0. The molecule has 0 unspecified atom stereocenters. The van der Waals surface area contributed by atoms with Crippen molar-refractivity contribution in [1.29, 1.82) is 0 Å². The molecular weight excluding hydrogens is 176 g/mol. The van der Waals surface area contributed by atoms with E-state index in [2.05, 4.69) is 0 Å². The summed E-state index contributed by atoms with van der Waals surface area (Å²) in [6.45, 7) is 5.14. The van der Waals surface area contributed by atoms with Crippen LogP contribution in [-0.4, -0.2) is 30.9 Å². The van der Waals surface area contributed by atoms with Crippen molar-refractivity contribution in [3.63, 3.8) is 0 Å². The average Bonchev–Trinajstić information content (AvgIpc) is 2.09. The van der Waals surface area contributed by atoms with E-state index in [0.717, 1.165) is 12.5 Å². The number of nitrogens with zero attached hydrogens (tertiary/aromatic N) is 1. The van der Waals surface area contributed by atoms with Crippen molar-refractivity contribution in [2.75, 3.05) is 20.1 Å². The molecule has 3 heteroatoms. The Balaban J connectivity index is 2.42. The van der Waals surface area contributed by atoms with Crippen LogP contribution in [-0.2, 0) is 4.79 Å². The van der Waals surface area contributed by atoms with Gasteiger partial charge in [-0.25, -0.2) is 0 Å². The van der Waals surface area contributed by atoms with Crippen LogP contribution in [0.15, 0.2) is 0 Å². The number of carbonyl (C=O) groups is 1. The first-order valence-electron chi connectivity index (χ1n) is 5.43. The highest BCUT2D eigenvalue weighted by atomic mass is 16.2. The molecule has 3 nitrogen and oxygen atoms in total. The Bertz CT molecular complexity index is 209. The van der Waals surface area contributed by atoms with Crippen molar-refractivity contribution >= 4 is 5.91 Å². The zero-order valence-electron chi connectivity index (χ0n) is 9.55. The summed E-state index contributed by atoms with van der Waals surface area (Å²) in [7, 11) is 1.89. The highest BCUT2D eigenvalue weighted by molar-refractivity contribution is 5.81. The van der Waals surface area contributed by atoms with E-state index in [9.17, 15) is 4.79 Å². The zero-order chi connectivity index (χ0) is 10.8. The van der Waals surface area contributed by atoms with E-state index in [1.54, 1.807) is 0 Å². The number of amides is 1. The zero-order valence-corrected chi connectivity index (χ0v) is 9.55. The first-order valence-corrected chi connectivity index (χ1v) is 5.43. The van der Waals surface area contributed by atoms with Crippen LogP contribution in [0.3, 0.4) is 0 Å². The predicted octanol–water partition coefficient (Wildman–Crippen LogP) is 1.23. The van der Waals surface area contributed by atoms with Gasteiger partial charge < -0.3 is 10.6 Å². The van der Waals surface area contributed by atoms with E-state index in [0.29, 0.717) is 6.54 Å². The summed E-state index contributed by atoms with van der Waals surface area (Å²) >= 11 is 0. The summed E-state index contributed by atoms with van der Waals surface area (Å²) in [6, 6.07) is 0. The maximum absolute atomic E-state index is 11.9. The smallest absolute Gasteiger partial charge is 0.229 e. The first-order chi connectivity index (χ1) is 6.47. The van der Waals surface area contributed by atoms with Gasteiger partial charge in [-0.05, 0) is 32.6 Å². The van der Waals surface area contributed by atoms with Crippen molar-refractivity contribution < 1.29 is 4.79 Å². The lowest BCUT2D eigenvalue weighted by atomic mass is 9.84. The summed E-state index contributed by atoms with van der Waals surface area (Å²) in [6.07, 6.45) is 3.88. The fourth-order valence-electron chi connectivity index (χ4n) is 1.75. The fourth-order valence-corrected chi connectivity index (χ4v) is 1.75. The van der Waals surface area contributed by atoms with Gasteiger partial charge in [-0.3, -0.25) is 4.79 Å². The molecule has 0 spiro atoms. The molecule has 2 N–H and O–H groups in total. The van der Waals surface area contributed by atoms with E-state index in [1.807, 2.05) is 25.8 Å². The molecule has 0 aromatic carbocycles. The van der Waals surface area contributed by atoms with E-state index in [4.69, 9.17) is 5.73 Å². The molecular formula is C11H22N2O. The lowest BCUT2D eigenvalue weighted by Gasteiger charge is -2.34. The van der Waals surface area contributed by atoms with Gasteiger partial charge in [-0.2, -0.15) is 0 Å². The van der Waals surface area contributed by atoms with Crippen molar-refractivity contribution in [2.45, 2.75) is 33.1 Å². The topological polar surface area (TPSA) is 46.3 Å². The monoisotopic (exact) mass is 198 g/mol. The van der Waals surface area contributed by atoms with Crippen LogP contribution < -0.4 is 5.73 Å². The molecule has 1 fully saturated rings. The molecule has 0 heterocycles. The van der Waals surface area contributed by atoms with Gasteiger partial charge >= 0.3 is 0 Å². The first kappa shape index (κ1) is 11.5. The van der Waals surface area contributed by atoms with Gasteiger partial charge in [-0.15, -0.1) is 0 Å². The summed E-state index contributed by atoms with van der Waals surface area (Å²) in [5.74, 6) is 0.907. The van der Waals surface area contributed by atoms with Gasteiger partial charge in [-0.1, -0.05) is 6.42 Å². The van der Waals surface area contributed by atoms with Crippen LogP contribution in [0, 0.1) is 11.3 Å². The molecule has 0 saturated heterocycles. The standard InChI is InChI=1S/C11H22N2O/c1-11(2,8-12)10(14)13(3)7-9-5-4-6-9/h9H,4-8,12H2,1-3H3. The molecule has 0 radical (unpaired) electrons. The van der Waals surface area contributed by atoms with E-state index in [1.165, 1.54) is 19.3 Å². The normalized spacial score (nSPS) is 17.7. The lowest BCUT2D eigenvalue weighted by molar-refractivity contribution is -0.139. The van der Waals surface area contributed by atoms with E-state index >= 15 is 0 Å². The Labute approximate surface area is 86.6 Å². The van der Waals surface area contributed by atoms with E-state index in [-0.39, 0.29) is 5.91 Å². The van der Waals surface area contributed by atoms with Gasteiger partial charge in [0, 0.05) is 20.1 Å². The summed E-state index contributed by atoms with van der Waals surface area (Å²) < 4.78 is 0. The molecule has 1 rings (SSSR count). The van der Waals surface area contributed by atoms with E-state index < -0.39 is 5.41 Å². The number of carbonyl (C=O) groups excluding carboxylic acids is 1. The van der Waals surface area contributed by atoms with Crippen LogP contribution in [0.25, 0.3) is 0 Å². The highest BCUT2D eigenvalue weighted by Crippen LogP contribution is 2.28. The fraction of sp³-hybridized carbons (Fsp3) is 0.909. The minimum Gasteiger partial charge on any atom is -0.345 e. The Morgan fingerprint density at radius 3 is 2.43 bits per heavy atom. The van der Waals surface area contributed by atoms with Crippen molar-refractivity contribution in [3.8, 4) is 0 Å². The van der Waals surface area contributed by atoms with Gasteiger partial charge in [0.25, 0.3) is 0 Å². The van der Waals surface area contributed by atoms with Gasteiger partial charge in [0.1, 0.15) is 0 Å². The maximum atomic E-state index is 11.9. The number of nitrogens with two attached hydrogens (primary N) is 1. The van der Waals surface area contributed by atoms with Crippen molar-refractivity contribution in [2.24, 2.45) is 17.1 Å². The number of hydrogen-bond donors (Lipinski definition) is 1. The maximum Gasteiger partial charge on any atom is 0.229 e. The molecule has 0 aromatic rings. The average molecular weight is 198 g/mol. The van der Waals surface area contributed by atoms with Crippen molar-refractivity contribution in [1.82, 2.24) is 4.90 Å². The Hall–Kier alpha value is -0.570. The lowest BCUT2D eigenvalue weighted by Crippen LogP contribution is -2.45. The molecule has 0 aliphatic heterocycles. The number of hydrogen-bond acceptors (Lipinski definition) is 2. The third kappa shape index (κ3) is 2.47. The third-order valence-electron chi connectivity index (χ3n) is 3.19. The second-order valence-corrected chi connectivity index (χ2v) is 5.07. The number of rotatable bonds is 4. The highest BCUT2D eigenvalue weighted by Gasteiger charge is 2.30. The largest absolute Gasteiger partial charge is 0.345 e. The molecule has 1 aliphatic carbocycles. The predicted molar refractivity (Wildman–Crippen MR) is 57.8 cm³/mol. The molecule has 14 heavy (non-hydrogen) atoms. The molecule has 1 saturated carbocycles. The molecule has 0 aromatic heterocycles. The van der Waals surface area contributed by atoms with Crippen LogP contribution in [0.1, 0.15) is 33.1 Å². The molecule has 1 amide bonds. The molecule has 0 atom stereocenters. The molecule has 1 aliphatic rings. The Kier molecular flexibility index (Phi) is 3.53. The van der Waals surface area contributed by atoms with Gasteiger partial charge in [0.15, 0.2) is 0 Å². The molecule has 82 valence electrons. The minimum absolute atomic E-state index is 0.173. The van der Waals surface area contributed by atoms with Gasteiger partial charge in [0.05, 0.1) is 5.41 Å². The van der Waals surface area contributed by atoms with Crippen LogP contribution in [0.2, 0.25) is 0 Å². The molecule has 0 bridgehead atoms. The Morgan fingerprint density at radius 2 is 2.07 bits per heavy atom. The summed E-state index contributed by atoms with van der Waals surface area (Å²) in [5.41, 5.74) is 5.17. The SMILES string of the molecule is CN(CC1CCC1)C(=O)C(C)(C)CN. The second kappa shape index (κ2) is 4.30. The second-order valence-electron chi connectivity index (χ2n) is 5.07. The minimum atomic E-state index is -0.404. The third-order valence-corrected chi connectivity index (χ3v) is 3.19. The van der Waals surface area contributed by atoms with Crippen LogP contribution in [0.4, 0.5) is 0 Å². The summed E-state index contributed by atoms with van der Waals surface area (Å²) in [4.78, 5) is 13.8. The van der Waals surface area contributed by atoms with Gasteiger partial charge in [0.2, 0.25) is 5.91 Å². The van der Waals surface area contributed by atoms with Crippen molar-refractivity contribution in [3.05, 3.63) is 0 Å². The van der Waals surface area contributed by atoms with Crippen LogP contribution in [0.5, 0.6) is 0 Å². The Morgan fingerprint density at radius 1 is 1.50 bits per heavy atom. The quantitative estimate of drug-likeness (QED) is 0.738.